The summed E-state index contributed by atoms with van der Waals surface area (Å²) < 4.78 is 0. The molecule has 1 heterocycles. The van der Waals surface area contributed by atoms with Crippen molar-refractivity contribution in [3.05, 3.63) is 0 Å². The lowest BCUT2D eigenvalue weighted by Gasteiger charge is -2.53. The summed E-state index contributed by atoms with van der Waals surface area (Å²) in [4.78, 5) is 5.31. The van der Waals surface area contributed by atoms with E-state index in [2.05, 4.69) is 37.5 Å². The zero-order chi connectivity index (χ0) is 14.1. The molecular weight excluding hydrogens is 234 g/mol. The van der Waals surface area contributed by atoms with Crippen LogP contribution in [-0.4, -0.2) is 54.1 Å². The number of piperazine rings is 1. The van der Waals surface area contributed by atoms with Crippen LogP contribution in [0.3, 0.4) is 0 Å². The zero-order valence-corrected chi connectivity index (χ0v) is 13.4. The predicted octanol–water partition coefficient (Wildman–Crippen LogP) is 2.31. The van der Waals surface area contributed by atoms with Crippen molar-refractivity contribution in [1.82, 2.24) is 9.80 Å². The Labute approximate surface area is 119 Å². The first-order valence-electron chi connectivity index (χ1n) is 8.08. The van der Waals surface area contributed by atoms with E-state index in [0.717, 1.165) is 6.54 Å². The fraction of sp³-hybridized carbons (Fsp3) is 1.00. The fourth-order valence-corrected chi connectivity index (χ4v) is 4.25. The molecule has 19 heavy (non-hydrogen) atoms. The molecular formula is C16H33N3. The van der Waals surface area contributed by atoms with Crippen LogP contribution in [0.5, 0.6) is 0 Å². The molecule has 1 atom stereocenters. The predicted molar refractivity (Wildman–Crippen MR) is 82.3 cm³/mol. The van der Waals surface area contributed by atoms with Gasteiger partial charge in [-0.2, -0.15) is 0 Å². The Hall–Kier alpha value is -0.120. The molecule has 0 radical (unpaired) electrons. The van der Waals surface area contributed by atoms with Crippen LogP contribution in [0.25, 0.3) is 0 Å². The lowest BCUT2D eigenvalue weighted by molar-refractivity contribution is -0.0241. The van der Waals surface area contributed by atoms with E-state index in [1.807, 2.05) is 0 Å². The summed E-state index contributed by atoms with van der Waals surface area (Å²) in [6.45, 7) is 15.1. The van der Waals surface area contributed by atoms with Crippen molar-refractivity contribution in [3.63, 3.8) is 0 Å². The first-order valence-corrected chi connectivity index (χ1v) is 8.08. The topological polar surface area (TPSA) is 32.5 Å². The van der Waals surface area contributed by atoms with E-state index in [1.54, 1.807) is 0 Å². The molecule has 112 valence electrons. The van der Waals surface area contributed by atoms with Crippen LogP contribution >= 0.6 is 0 Å². The lowest BCUT2D eigenvalue weighted by Crippen LogP contribution is -2.63. The van der Waals surface area contributed by atoms with Gasteiger partial charge in [0.15, 0.2) is 0 Å². The average Bonchev–Trinajstić information content (AvgIpc) is 2.37. The van der Waals surface area contributed by atoms with E-state index < -0.39 is 0 Å². The third-order valence-electron chi connectivity index (χ3n) is 5.40. The molecule has 2 aliphatic rings. The van der Waals surface area contributed by atoms with Gasteiger partial charge in [0.25, 0.3) is 0 Å². The molecule has 0 amide bonds. The Bertz CT molecular complexity index is 292. The second-order valence-corrected chi connectivity index (χ2v) is 7.74. The number of rotatable bonds is 3. The van der Waals surface area contributed by atoms with Crippen LogP contribution in [0.1, 0.15) is 53.4 Å². The van der Waals surface area contributed by atoms with Crippen molar-refractivity contribution in [2.45, 2.75) is 65.0 Å². The zero-order valence-electron chi connectivity index (χ0n) is 13.4. The van der Waals surface area contributed by atoms with E-state index in [0.29, 0.717) is 11.5 Å². The van der Waals surface area contributed by atoms with Gasteiger partial charge < -0.3 is 5.73 Å². The molecule has 2 fully saturated rings. The summed E-state index contributed by atoms with van der Waals surface area (Å²) >= 11 is 0. The minimum absolute atomic E-state index is 0.283. The molecule has 0 aromatic rings. The molecule has 1 aliphatic heterocycles. The first kappa shape index (κ1) is 15.3. The van der Waals surface area contributed by atoms with Gasteiger partial charge in [-0.3, -0.25) is 9.80 Å². The standard InChI is InChI=1S/C16H33N3/c1-14(2)18-8-10-19(11-9-18)16(13-17)7-5-6-15(3,4)12-16/h14H,5-13,17H2,1-4H3. The highest BCUT2D eigenvalue weighted by atomic mass is 15.3. The molecule has 3 heteroatoms. The summed E-state index contributed by atoms with van der Waals surface area (Å²) in [5.74, 6) is 0. The molecule has 0 aromatic heterocycles. The van der Waals surface area contributed by atoms with Crippen molar-refractivity contribution < 1.29 is 0 Å². The molecule has 3 nitrogen and oxygen atoms in total. The van der Waals surface area contributed by atoms with Gasteiger partial charge in [0, 0.05) is 44.3 Å². The normalized spacial score (nSPS) is 33.8. The smallest absolute Gasteiger partial charge is 0.0337 e. The van der Waals surface area contributed by atoms with E-state index >= 15 is 0 Å². The van der Waals surface area contributed by atoms with Crippen molar-refractivity contribution in [3.8, 4) is 0 Å². The summed E-state index contributed by atoms with van der Waals surface area (Å²) in [5, 5.41) is 0. The Morgan fingerprint density at radius 3 is 2.16 bits per heavy atom. The summed E-state index contributed by atoms with van der Waals surface area (Å²) in [6.07, 6.45) is 5.28. The molecule has 1 unspecified atom stereocenters. The number of nitrogens with two attached hydrogens (primary N) is 1. The lowest BCUT2D eigenvalue weighted by atomic mass is 9.67. The van der Waals surface area contributed by atoms with Crippen LogP contribution < -0.4 is 5.73 Å². The number of nitrogens with zero attached hydrogens (tertiary/aromatic N) is 2. The molecule has 1 aliphatic carbocycles. The van der Waals surface area contributed by atoms with Crippen molar-refractivity contribution in [2.75, 3.05) is 32.7 Å². The molecule has 0 bridgehead atoms. The Morgan fingerprint density at radius 1 is 1.05 bits per heavy atom. The van der Waals surface area contributed by atoms with Crippen molar-refractivity contribution >= 4 is 0 Å². The van der Waals surface area contributed by atoms with Crippen LogP contribution in [0.15, 0.2) is 0 Å². The summed E-state index contributed by atoms with van der Waals surface area (Å²) in [6, 6.07) is 0.679. The quantitative estimate of drug-likeness (QED) is 0.852. The fourth-order valence-electron chi connectivity index (χ4n) is 4.25. The van der Waals surface area contributed by atoms with Gasteiger partial charge in [0.05, 0.1) is 0 Å². The second kappa shape index (κ2) is 5.71. The third kappa shape index (κ3) is 3.32. The molecule has 0 spiro atoms. The molecule has 2 rings (SSSR count). The van der Waals surface area contributed by atoms with Crippen LogP contribution in [0, 0.1) is 5.41 Å². The highest BCUT2D eigenvalue weighted by Gasteiger charge is 2.43. The molecule has 2 N–H and O–H groups in total. The Balaban J connectivity index is 2.02. The van der Waals surface area contributed by atoms with E-state index in [9.17, 15) is 0 Å². The van der Waals surface area contributed by atoms with Gasteiger partial charge in [-0.15, -0.1) is 0 Å². The Morgan fingerprint density at radius 2 is 1.68 bits per heavy atom. The molecule has 0 aromatic carbocycles. The number of hydrogen-bond donors (Lipinski definition) is 1. The number of hydrogen-bond acceptors (Lipinski definition) is 3. The highest BCUT2D eigenvalue weighted by Crippen LogP contribution is 2.43. The maximum absolute atomic E-state index is 6.23. The van der Waals surface area contributed by atoms with E-state index in [4.69, 9.17) is 5.73 Å². The molecule has 1 saturated heterocycles. The highest BCUT2D eigenvalue weighted by molar-refractivity contribution is 5.00. The van der Waals surface area contributed by atoms with Gasteiger partial charge in [0.2, 0.25) is 0 Å². The van der Waals surface area contributed by atoms with Crippen molar-refractivity contribution in [1.29, 1.82) is 0 Å². The van der Waals surface area contributed by atoms with Crippen LogP contribution in [-0.2, 0) is 0 Å². The van der Waals surface area contributed by atoms with Gasteiger partial charge in [-0.1, -0.05) is 20.3 Å². The van der Waals surface area contributed by atoms with Gasteiger partial charge in [-0.25, -0.2) is 0 Å². The minimum atomic E-state index is 0.283. The van der Waals surface area contributed by atoms with Gasteiger partial charge >= 0.3 is 0 Å². The third-order valence-corrected chi connectivity index (χ3v) is 5.40. The Kier molecular flexibility index (Phi) is 4.59. The SMILES string of the molecule is CC(C)N1CCN(C2(CN)CCCC(C)(C)C2)CC1. The van der Waals surface area contributed by atoms with E-state index in [-0.39, 0.29) is 5.54 Å². The van der Waals surface area contributed by atoms with Crippen LogP contribution in [0.4, 0.5) is 0 Å². The maximum atomic E-state index is 6.23. The summed E-state index contributed by atoms with van der Waals surface area (Å²) in [5.41, 5.74) is 6.98. The largest absolute Gasteiger partial charge is 0.329 e. The monoisotopic (exact) mass is 267 g/mol. The summed E-state index contributed by atoms with van der Waals surface area (Å²) in [7, 11) is 0. The maximum Gasteiger partial charge on any atom is 0.0337 e. The second-order valence-electron chi connectivity index (χ2n) is 7.74. The van der Waals surface area contributed by atoms with Crippen LogP contribution in [0.2, 0.25) is 0 Å². The van der Waals surface area contributed by atoms with E-state index in [1.165, 1.54) is 51.9 Å². The van der Waals surface area contributed by atoms with Gasteiger partial charge in [0.1, 0.15) is 0 Å². The first-order chi connectivity index (χ1) is 8.88. The van der Waals surface area contributed by atoms with Gasteiger partial charge in [-0.05, 0) is 38.5 Å². The van der Waals surface area contributed by atoms with Crippen molar-refractivity contribution in [2.24, 2.45) is 11.1 Å². The minimum Gasteiger partial charge on any atom is -0.329 e. The molecule has 1 saturated carbocycles. The average molecular weight is 267 g/mol.